The van der Waals surface area contributed by atoms with Crippen molar-refractivity contribution in [1.29, 1.82) is 0 Å². The number of benzene rings is 1. The fraction of sp³-hybridized carbons (Fsp3) is 0.286. The molecule has 0 atom stereocenters. The largest absolute Gasteiger partial charge is 0.399 e. The van der Waals surface area contributed by atoms with Crippen LogP contribution in [0.15, 0.2) is 34.8 Å². The molecule has 0 radical (unpaired) electrons. The lowest BCUT2D eigenvalue weighted by Crippen LogP contribution is -2.29. The first-order valence-electron chi connectivity index (χ1n) is 6.16. The SMILES string of the molecule is CN(CC1=CCCN=C1)C(=O)c1cc(N)cc(N)c1. The maximum Gasteiger partial charge on any atom is 0.254 e. The third-order valence-corrected chi connectivity index (χ3v) is 2.91. The predicted molar refractivity (Wildman–Crippen MR) is 78.3 cm³/mol. The molecule has 0 spiro atoms. The highest BCUT2D eigenvalue weighted by Crippen LogP contribution is 2.15. The lowest BCUT2D eigenvalue weighted by molar-refractivity contribution is 0.0808. The van der Waals surface area contributed by atoms with Gasteiger partial charge in [-0.3, -0.25) is 9.79 Å². The van der Waals surface area contributed by atoms with Crippen molar-refractivity contribution in [2.24, 2.45) is 4.99 Å². The Morgan fingerprint density at radius 1 is 1.32 bits per heavy atom. The average molecular weight is 258 g/mol. The number of carbonyl (C=O) groups excluding carboxylic acids is 1. The zero-order valence-corrected chi connectivity index (χ0v) is 11.0. The molecule has 1 amide bonds. The quantitative estimate of drug-likeness (QED) is 0.802. The van der Waals surface area contributed by atoms with Crippen LogP contribution in [-0.2, 0) is 0 Å². The van der Waals surface area contributed by atoms with Crippen LogP contribution in [0.1, 0.15) is 16.8 Å². The molecule has 2 rings (SSSR count). The van der Waals surface area contributed by atoms with E-state index in [1.54, 1.807) is 30.1 Å². The van der Waals surface area contributed by atoms with E-state index >= 15 is 0 Å². The fourth-order valence-corrected chi connectivity index (χ4v) is 2.03. The van der Waals surface area contributed by atoms with E-state index in [-0.39, 0.29) is 5.91 Å². The molecule has 1 aliphatic heterocycles. The number of nitrogens with two attached hydrogens (primary N) is 2. The number of anilines is 2. The van der Waals surface area contributed by atoms with Gasteiger partial charge in [0, 0.05) is 43.3 Å². The highest BCUT2D eigenvalue weighted by atomic mass is 16.2. The maximum atomic E-state index is 12.3. The van der Waals surface area contributed by atoms with Gasteiger partial charge in [0.05, 0.1) is 0 Å². The molecule has 100 valence electrons. The van der Waals surface area contributed by atoms with Gasteiger partial charge in [-0.1, -0.05) is 6.08 Å². The smallest absolute Gasteiger partial charge is 0.254 e. The van der Waals surface area contributed by atoms with Gasteiger partial charge in [0.2, 0.25) is 0 Å². The van der Waals surface area contributed by atoms with Crippen molar-refractivity contribution in [3.05, 3.63) is 35.4 Å². The Morgan fingerprint density at radius 2 is 2.00 bits per heavy atom. The van der Waals surface area contributed by atoms with Gasteiger partial charge in [0.25, 0.3) is 5.91 Å². The number of hydrogen-bond acceptors (Lipinski definition) is 4. The van der Waals surface area contributed by atoms with Gasteiger partial charge < -0.3 is 16.4 Å². The number of rotatable bonds is 3. The van der Waals surface area contributed by atoms with Crippen LogP contribution >= 0.6 is 0 Å². The van der Waals surface area contributed by atoms with E-state index in [9.17, 15) is 4.79 Å². The lowest BCUT2D eigenvalue weighted by atomic mass is 10.1. The molecule has 19 heavy (non-hydrogen) atoms. The second-order valence-electron chi connectivity index (χ2n) is 4.65. The summed E-state index contributed by atoms with van der Waals surface area (Å²) in [5.41, 5.74) is 14.0. The van der Waals surface area contributed by atoms with Crippen molar-refractivity contribution in [2.45, 2.75) is 6.42 Å². The third-order valence-electron chi connectivity index (χ3n) is 2.91. The van der Waals surface area contributed by atoms with E-state index in [2.05, 4.69) is 11.1 Å². The van der Waals surface area contributed by atoms with E-state index in [0.29, 0.717) is 23.5 Å². The maximum absolute atomic E-state index is 12.3. The number of aliphatic imine (C=N–C) groups is 1. The predicted octanol–water partition coefficient (Wildman–Crippen LogP) is 1.32. The Kier molecular flexibility index (Phi) is 3.85. The minimum atomic E-state index is -0.0983. The van der Waals surface area contributed by atoms with Crippen molar-refractivity contribution in [3.63, 3.8) is 0 Å². The van der Waals surface area contributed by atoms with E-state index in [1.807, 2.05) is 6.21 Å². The first-order valence-corrected chi connectivity index (χ1v) is 6.16. The van der Waals surface area contributed by atoms with Gasteiger partial charge >= 0.3 is 0 Å². The van der Waals surface area contributed by atoms with Crippen molar-refractivity contribution >= 4 is 23.5 Å². The number of likely N-dealkylation sites (N-methyl/N-ethyl adjacent to an activating group) is 1. The van der Waals surface area contributed by atoms with Gasteiger partial charge in [-0.2, -0.15) is 0 Å². The standard InChI is InChI=1S/C14H18N4O/c1-18(9-10-3-2-4-17-8-10)14(19)11-5-12(15)7-13(16)6-11/h3,5-8H,2,4,9,15-16H2,1H3. The van der Waals surface area contributed by atoms with E-state index in [4.69, 9.17) is 11.5 Å². The Labute approximate surface area is 112 Å². The number of amides is 1. The van der Waals surface area contributed by atoms with Crippen LogP contribution in [0.4, 0.5) is 11.4 Å². The highest BCUT2D eigenvalue weighted by molar-refractivity contribution is 5.96. The van der Waals surface area contributed by atoms with Gasteiger partial charge in [-0.25, -0.2) is 0 Å². The monoisotopic (exact) mass is 258 g/mol. The molecule has 0 aliphatic carbocycles. The van der Waals surface area contributed by atoms with Gasteiger partial charge in [-0.15, -0.1) is 0 Å². The number of carbonyl (C=O) groups is 1. The first kappa shape index (κ1) is 13.1. The Bertz CT molecular complexity index is 528. The Hall–Kier alpha value is -2.30. The molecule has 0 bridgehead atoms. The fourth-order valence-electron chi connectivity index (χ4n) is 2.03. The van der Waals surface area contributed by atoms with Crippen LogP contribution in [0.2, 0.25) is 0 Å². The zero-order chi connectivity index (χ0) is 13.8. The van der Waals surface area contributed by atoms with Crippen molar-refractivity contribution in [2.75, 3.05) is 31.6 Å². The second kappa shape index (κ2) is 5.56. The van der Waals surface area contributed by atoms with Crippen LogP contribution in [0.5, 0.6) is 0 Å². The molecular weight excluding hydrogens is 240 g/mol. The summed E-state index contributed by atoms with van der Waals surface area (Å²) in [4.78, 5) is 18.1. The molecule has 0 fully saturated rings. The summed E-state index contributed by atoms with van der Waals surface area (Å²) in [5, 5.41) is 0. The summed E-state index contributed by atoms with van der Waals surface area (Å²) >= 11 is 0. The normalized spacial score (nSPS) is 14.1. The van der Waals surface area contributed by atoms with Crippen LogP contribution in [-0.4, -0.2) is 37.2 Å². The molecule has 1 aliphatic rings. The Morgan fingerprint density at radius 3 is 2.58 bits per heavy atom. The summed E-state index contributed by atoms with van der Waals surface area (Å²) in [5.74, 6) is -0.0983. The van der Waals surface area contributed by atoms with Gasteiger partial charge in [0.1, 0.15) is 0 Å². The summed E-state index contributed by atoms with van der Waals surface area (Å²) in [7, 11) is 1.75. The van der Waals surface area contributed by atoms with E-state index < -0.39 is 0 Å². The van der Waals surface area contributed by atoms with Crippen LogP contribution < -0.4 is 11.5 Å². The number of nitrogen functional groups attached to an aromatic ring is 2. The average Bonchev–Trinajstić information content (AvgIpc) is 2.37. The number of dihydropyridines is 1. The summed E-state index contributed by atoms with van der Waals surface area (Å²) < 4.78 is 0. The summed E-state index contributed by atoms with van der Waals surface area (Å²) in [6, 6.07) is 4.91. The van der Waals surface area contributed by atoms with Crippen LogP contribution in [0.3, 0.4) is 0 Å². The molecule has 1 aromatic rings. The van der Waals surface area contributed by atoms with Crippen molar-refractivity contribution < 1.29 is 4.79 Å². The van der Waals surface area contributed by atoms with Crippen LogP contribution in [0, 0.1) is 0 Å². The second-order valence-corrected chi connectivity index (χ2v) is 4.65. The minimum Gasteiger partial charge on any atom is -0.399 e. The number of hydrogen-bond donors (Lipinski definition) is 2. The molecule has 1 aromatic carbocycles. The molecule has 0 aromatic heterocycles. The topological polar surface area (TPSA) is 84.7 Å². The molecule has 0 saturated heterocycles. The third kappa shape index (κ3) is 3.34. The lowest BCUT2D eigenvalue weighted by Gasteiger charge is -2.19. The molecule has 0 unspecified atom stereocenters. The highest BCUT2D eigenvalue weighted by Gasteiger charge is 2.14. The zero-order valence-electron chi connectivity index (χ0n) is 11.0. The van der Waals surface area contributed by atoms with E-state index in [1.165, 1.54) is 0 Å². The van der Waals surface area contributed by atoms with Gasteiger partial charge in [-0.05, 0) is 30.2 Å². The number of nitrogens with zero attached hydrogens (tertiary/aromatic N) is 2. The Balaban J connectivity index is 2.10. The first-order chi connectivity index (χ1) is 9.06. The molecular formula is C14H18N4O. The molecule has 5 heteroatoms. The molecule has 4 N–H and O–H groups in total. The van der Waals surface area contributed by atoms with Crippen molar-refractivity contribution in [3.8, 4) is 0 Å². The molecule has 1 heterocycles. The molecule has 5 nitrogen and oxygen atoms in total. The van der Waals surface area contributed by atoms with Crippen LogP contribution in [0.25, 0.3) is 0 Å². The molecule has 0 saturated carbocycles. The summed E-state index contributed by atoms with van der Waals surface area (Å²) in [6.45, 7) is 1.37. The van der Waals surface area contributed by atoms with Gasteiger partial charge in [0.15, 0.2) is 0 Å². The van der Waals surface area contributed by atoms with Crippen molar-refractivity contribution in [1.82, 2.24) is 4.90 Å². The summed E-state index contributed by atoms with van der Waals surface area (Å²) in [6.07, 6.45) is 4.85. The minimum absolute atomic E-state index is 0.0983. The van der Waals surface area contributed by atoms with E-state index in [0.717, 1.165) is 18.5 Å².